The van der Waals surface area contributed by atoms with Gasteiger partial charge in [0.2, 0.25) is 5.88 Å². The van der Waals surface area contributed by atoms with E-state index >= 15 is 0 Å². The predicted molar refractivity (Wildman–Crippen MR) is 75.9 cm³/mol. The molecule has 0 saturated heterocycles. The Morgan fingerprint density at radius 2 is 2.00 bits per heavy atom. The molecule has 0 spiro atoms. The Hall–Kier alpha value is -0.580. The summed E-state index contributed by atoms with van der Waals surface area (Å²) in [6.45, 7) is 1.97. The van der Waals surface area contributed by atoms with Crippen molar-refractivity contribution in [2.75, 3.05) is 0 Å². The second-order valence-corrected chi connectivity index (χ2v) is 5.63. The molecule has 0 radical (unpaired) electrons. The van der Waals surface area contributed by atoms with E-state index in [1.165, 1.54) is 0 Å². The van der Waals surface area contributed by atoms with Crippen molar-refractivity contribution in [1.82, 2.24) is 4.98 Å². The fraction of sp³-hybridized carbons (Fsp3) is 0.0833. The SMILES string of the molecule is Cc1cc(Oc2ccc(Br)cc2Cl)ncc1Br. The molecule has 0 N–H and O–H groups in total. The van der Waals surface area contributed by atoms with E-state index in [1.54, 1.807) is 18.3 Å². The average molecular weight is 377 g/mol. The van der Waals surface area contributed by atoms with Gasteiger partial charge in [0.1, 0.15) is 5.75 Å². The first-order chi connectivity index (χ1) is 8.06. The molecule has 17 heavy (non-hydrogen) atoms. The number of nitrogens with zero attached hydrogens (tertiary/aromatic N) is 1. The van der Waals surface area contributed by atoms with Gasteiger partial charge in [-0.15, -0.1) is 0 Å². The van der Waals surface area contributed by atoms with Gasteiger partial charge in [-0.2, -0.15) is 0 Å². The maximum absolute atomic E-state index is 6.06. The van der Waals surface area contributed by atoms with Crippen LogP contribution in [-0.2, 0) is 0 Å². The minimum Gasteiger partial charge on any atom is -0.437 e. The van der Waals surface area contributed by atoms with Crippen LogP contribution in [0.4, 0.5) is 0 Å². The second-order valence-electron chi connectivity index (χ2n) is 3.45. The Labute approximate surface area is 121 Å². The number of hydrogen-bond acceptors (Lipinski definition) is 2. The zero-order valence-corrected chi connectivity index (χ0v) is 12.8. The molecule has 0 aliphatic carbocycles. The van der Waals surface area contributed by atoms with E-state index < -0.39 is 0 Å². The lowest BCUT2D eigenvalue weighted by Crippen LogP contribution is -1.90. The lowest BCUT2D eigenvalue weighted by molar-refractivity contribution is 0.462. The van der Waals surface area contributed by atoms with E-state index in [-0.39, 0.29) is 0 Å². The van der Waals surface area contributed by atoms with Crippen LogP contribution < -0.4 is 4.74 Å². The van der Waals surface area contributed by atoms with E-state index in [4.69, 9.17) is 16.3 Å². The molecule has 1 heterocycles. The quantitative estimate of drug-likeness (QED) is 0.703. The van der Waals surface area contributed by atoms with E-state index in [2.05, 4.69) is 36.8 Å². The number of benzene rings is 1. The van der Waals surface area contributed by atoms with Gasteiger partial charge < -0.3 is 4.74 Å². The first kappa shape index (κ1) is 12.9. The third kappa shape index (κ3) is 3.21. The normalized spacial score (nSPS) is 10.4. The van der Waals surface area contributed by atoms with Gasteiger partial charge in [-0.3, -0.25) is 0 Å². The van der Waals surface area contributed by atoms with Crippen LogP contribution >= 0.6 is 43.5 Å². The van der Waals surface area contributed by atoms with Crippen LogP contribution in [0.1, 0.15) is 5.56 Å². The third-order valence-corrected chi connectivity index (χ3v) is 3.75. The molecule has 0 unspecified atom stereocenters. The molecule has 0 bridgehead atoms. The molecule has 2 rings (SSSR count). The van der Waals surface area contributed by atoms with E-state index in [0.29, 0.717) is 16.7 Å². The van der Waals surface area contributed by atoms with Gasteiger partial charge in [0.15, 0.2) is 0 Å². The second kappa shape index (κ2) is 5.38. The van der Waals surface area contributed by atoms with Crippen molar-refractivity contribution < 1.29 is 4.74 Å². The summed E-state index contributed by atoms with van der Waals surface area (Å²) in [6, 6.07) is 7.30. The van der Waals surface area contributed by atoms with E-state index in [9.17, 15) is 0 Å². The zero-order chi connectivity index (χ0) is 12.4. The first-order valence-corrected chi connectivity index (χ1v) is 6.78. The van der Waals surface area contributed by atoms with Crippen molar-refractivity contribution in [3.63, 3.8) is 0 Å². The predicted octanol–water partition coefficient (Wildman–Crippen LogP) is 5.36. The molecule has 1 aromatic heterocycles. The summed E-state index contributed by atoms with van der Waals surface area (Å²) < 4.78 is 7.48. The summed E-state index contributed by atoms with van der Waals surface area (Å²) in [5.74, 6) is 1.11. The highest BCUT2D eigenvalue weighted by Gasteiger charge is 2.05. The van der Waals surface area contributed by atoms with Crippen LogP contribution in [0.2, 0.25) is 5.02 Å². The molecule has 5 heteroatoms. The Balaban J connectivity index is 2.28. The largest absolute Gasteiger partial charge is 0.437 e. The highest BCUT2D eigenvalue weighted by molar-refractivity contribution is 9.10. The van der Waals surface area contributed by atoms with Crippen LogP contribution in [0.5, 0.6) is 11.6 Å². The molecule has 2 aromatic rings. The fourth-order valence-electron chi connectivity index (χ4n) is 1.24. The molecular formula is C12H8Br2ClNO. The van der Waals surface area contributed by atoms with E-state index in [1.807, 2.05) is 19.1 Å². The van der Waals surface area contributed by atoms with Gasteiger partial charge in [0, 0.05) is 21.2 Å². The first-order valence-electron chi connectivity index (χ1n) is 4.81. The summed E-state index contributed by atoms with van der Waals surface area (Å²) in [5.41, 5.74) is 1.06. The maximum Gasteiger partial charge on any atom is 0.219 e. The molecule has 0 saturated carbocycles. The minimum absolute atomic E-state index is 0.523. The number of halogens is 3. The van der Waals surface area contributed by atoms with E-state index in [0.717, 1.165) is 14.5 Å². The van der Waals surface area contributed by atoms with Gasteiger partial charge in [-0.05, 0) is 46.6 Å². The summed E-state index contributed by atoms with van der Waals surface area (Å²) in [4.78, 5) is 4.16. The summed E-state index contributed by atoms with van der Waals surface area (Å²) in [6.07, 6.45) is 1.71. The lowest BCUT2D eigenvalue weighted by atomic mass is 10.3. The monoisotopic (exact) mass is 375 g/mol. The van der Waals surface area contributed by atoms with Crippen LogP contribution in [-0.4, -0.2) is 4.98 Å². The molecule has 88 valence electrons. The highest BCUT2D eigenvalue weighted by Crippen LogP contribution is 2.31. The molecule has 0 atom stereocenters. The van der Waals surface area contributed by atoms with Crippen molar-refractivity contribution in [3.8, 4) is 11.6 Å². The molecule has 0 aliphatic heterocycles. The van der Waals surface area contributed by atoms with Crippen LogP contribution in [0.15, 0.2) is 39.4 Å². The summed E-state index contributed by atoms with van der Waals surface area (Å²) in [5, 5.41) is 0.543. The molecule has 0 fully saturated rings. The Kier molecular flexibility index (Phi) is 4.07. The Morgan fingerprint density at radius 3 is 2.65 bits per heavy atom. The number of pyridine rings is 1. The van der Waals surface area contributed by atoms with Crippen molar-refractivity contribution in [2.24, 2.45) is 0 Å². The van der Waals surface area contributed by atoms with Gasteiger partial charge >= 0.3 is 0 Å². The number of aryl methyl sites for hydroxylation is 1. The van der Waals surface area contributed by atoms with Crippen molar-refractivity contribution >= 4 is 43.5 Å². The standard InChI is InChI=1S/C12H8Br2ClNO/c1-7-4-12(16-6-9(7)14)17-11-3-2-8(13)5-10(11)15/h2-6H,1H3. The molecule has 1 aromatic carbocycles. The maximum atomic E-state index is 6.06. The van der Waals surface area contributed by atoms with Crippen molar-refractivity contribution in [3.05, 3.63) is 50.0 Å². The van der Waals surface area contributed by atoms with Crippen molar-refractivity contribution in [1.29, 1.82) is 0 Å². The Morgan fingerprint density at radius 1 is 1.24 bits per heavy atom. The highest BCUT2D eigenvalue weighted by atomic mass is 79.9. The average Bonchev–Trinajstić information content (AvgIpc) is 2.27. The number of hydrogen-bond donors (Lipinski definition) is 0. The molecule has 0 amide bonds. The van der Waals surface area contributed by atoms with Gasteiger partial charge in [-0.25, -0.2) is 4.98 Å². The molecular weight excluding hydrogens is 369 g/mol. The van der Waals surface area contributed by atoms with Crippen molar-refractivity contribution in [2.45, 2.75) is 6.92 Å². The van der Waals surface area contributed by atoms with Gasteiger partial charge in [-0.1, -0.05) is 27.5 Å². The topological polar surface area (TPSA) is 22.1 Å². The fourth-order valence-corrected chi connectivity index (χ4v) is 2.17. The number of ether oxygens (including phenoxy) is 1. The number of aromatic nitrogens is 1. The lowest BCUT2D eigenvalue weighted by Gasteiger charge is -2.08. The molecule has 2 nitrogen and oxygen atoms in total. The van der Waals surface area contributed by atoms with Crippen LogP contribution in [0.3, 0.4) is 0 Å². The minimum atomic E-state index is 0.523. The smallest absolute Gasteiger partial charge is 0.219 e. The summed E-state index contributed by atoms with van der Waals surface area (Å²) in [7, 11) is 0. The van der Waals surface area contributed by atoms with Crippen LogP contribution in [0, 0.1) is 6.92 Å². The zero-order valence-electron chi connectivity index (χ0n) is 8.88. The summed E-state index contributed by atoms with van der Waals surface area (Å²) >= 11 is 12.8. The van der Waals surface area contributed by atoms with Gasteiger partial charge in [0.05, 0.1) is 5.02 Å². The number of rotatable bonds is 2. The van der Waals surface area contributed by atoms with Crippen LogP contribution in [0.25, 0.3) is 0 Å². The Bertz CT molecular complexity index is 560. The molecule has 0 aliphatic rings. The third-order valence-electron chi connectivity index (χ3n) is 2.13. The van der Waals surface area contributed by atoms with Gasteiger partial charge in [0.25, 0.3) is 0 Å².